The van der Waals surface area contributed by atoms with E-state index >= 15 is 0 Å². The normalized spacial score (nSPS) is 23.1. The first kappa shape index (κ1) is 9.86. The van der Waals surface area contributed by atoms with Crippen molar-refractivity contribution in [2.24, 2.45) is 0 Å². The Kier molecular flexibility index (Phi) is 2.41. The molecule has 0 amide bonds. The van der Waals surface area contributed by atoms with Crippen molar-refractivity contribution in [3.8, 4) is 0 Å². The highest BCUT2D eigenvalue weighted by Crippen LogP contribution is 2.54. The molecule has 1 nitrogen and oxygen atoms in total. The van der Waals surface area contributed by atoms with E-state index in [-0.39, 0.29) is 0 Å². The molecular formula is C14H12ClN. The zero-order valence-electron chi connectivity index (χ0n) is 8.81. The Morgan fingerprint density at radius 1 is 1.00 bits per heavy atom. The lowest BCUT2D eigenvalue weighted by atomic mass is 10.1. The van der Waals surface area contributed by atoms with Crippen LogP contribution in [0.4, 0.5) is 0 Å². The third kappa shape index (κ3) is 1.83. The van der Waals surface area contributed by atoms with E-state index in [1.165, 1.54) is 17.5 Å². The first-order valence-corrected chi connectivity index (χ1v) is 5.88. The SMILES string of the molecule is Clc1ccc(C2CC2c2cccnc2)cc1. The van der Waals surface area contributed by atoms with E-state index in [0.717, 1.165) is 5.02 Å². The third-order valence-electron chi connectivity index (χ3n) is 3.20. The number of hydrogen-bond donors (Lipinski definition) is 0. The summed E-state index contributed by atoms with van der Waals surface area (Å²) in [7, 11) is 0. The summed E-state index contributed by atoms with van der Waals surface area (Å²) in [5.41, 5.74) is 2.74. The highest BCUT2D eigenvalue weighted by Gasteiger charge is 2.39. The van der Waals surface area contributed by atoms with E-state index in [9.17, 15) is 0 Å². The van der Waals surface area contributed by atoms with Gasteiger partial charge in [0.15, 0.2) is 0 Å². The van der Waals surface area contributed by atoms with Crippen LogP contribution in [0, 0.1) is 0 Å². The monoisotopic (exact) mass is 229 g/mol. The third-order valence-corrected chi connectivity index (χ3v) is 3.45. The van der Waals surface area contributed by atoms with Gasteiger partial charge in [0, 0.05) is 17.4 Å². The lowest BCUT2D eigenvalue weighted by molar-refractivity contribution is 1.01. The molecule has 1 saturated carbocycles. The van der Waals surface area contributed by atoms with Gasteiger partial charge in [-0.3, -0.25) is 4.98 Å². The Hall–Kier alpha value is -1.34. The summed E-state index contributed by atoms with van der Waals surface area (Å²) in [6, 6.07) is 12.4. The van der Waals surface area contributed by atoms with Crippen LogP contribution in [0.1, 0.15) is 29.4 Å². The Labute approximate surface area is 100 Å². The topological polar surface area (TPSA) is 12.9 Å². The van der Waals surface area contributed by atoms with Crippen LogP contribution in [-0.2, 0) is 0 Å². The number of rotatable bonds is 2. The average molecular weight is 230 g/mol. The minimum absolute atomic E-state index is 0.648. The Bertz CT molecular complexity index is 478. The van der Waals surface area contributed by atoms with Gasteiger partial charge in [-0.25, -0.2) is 0 Å². The summed E-state index contributed by atoms with van der Waals surface area (Å²) in [5.74, 6) is 1.30. The average Bonchev–Trinajstić information content (AvgIpc) is 3.11. The zero-order chi connectivity index (χ0) is 11.0. The molecule has 1 heterocycles. The van der Waals surface area contributed by atoms with E-state index in [1.54, 1.807) is 0 Å². The van der Waals surface area contributed by atoms with Crippen molar-refractivity contribution in [2.75, 3.05) is 0 Å². The summed E-state index contributed by atoms with van der Waals surface area (Å²) in [4.78, 5) is 4.17. The molecule has 2 unspecified atom stereocenters. The van der Waals surface area contributed by atoms with Gasteiger partial charge in [-0.15, -0.1) is 0 Å². The van der Waals surface area contributed by atoms with Crippen LogP contribution in [0.5, 0.6) is 0 Å². The van der Waals surface area contributed by atoms with Gasteiger partial charge in [0.2, 0.25) is 0 Å². The molecule has 2 heteroatoms. The summed E-state index contributed by atoms with van der Waals surface area (Å²) >= 11 is 5.88. The maximum atomic E-state index is 5.88. The Balaban J connectivity index is 1.79. The molecule has 1 aromatic carbocycles. The van der Waals surface area contributed by atoms with E-state index in [0.29, 0.717) is 11.8 Å². The number of aromatic nitrogens is 1. The number of hydrogen-bond acceptors (Lipinski definition) is 1. The molecule has 0 aliphatic heterocycles. The van der Waals surface area contributed by atoms with Crippen molar-refractivity contribution in [1.29, 1.82) is 0 Å². The van der Waals surface area contributed by atoms with Crippen LogP contribution in [0.25, 0.3) is 0 Å². The van der Waals surface area contributed by atoms with Crippen LogP contribution in [0.3, 0.4) is 0 Å². The first-order valence-electron chi connectivity index (χ1n) is 5.50. The molecule has 2 atom stereocenters. The molecule has 1 aromatic heterocycles. The maximum absolute atomic E-state index is 5.88. The van der Waals surface area contributed by atoms with Crippen LogP contribution >= 0.6 is 11.6 Å². The van der Waals surface area contributed by atoms with Gasteiger partial charge in [-0.05, 0) is 47.6 Å². The highest BCUT2D eigenvalue weighted by molar-refractivity contribution is 6.30. The predicted molar refractivity (Wildman–Crippen MR) is 65.8 cm³/mol. The van der Waals surface area contributed by atoms with E-state index in [1.807, 2.05) is 30.6 Å². The fourth-order valence-corrected chi connectivity index (χ4v) is 2.36. The van der Waals surface area contributed by atoms with Crippen LogP contribution in [0.2, 0.25) is 5.02 Å². The molecule has 0 radical (unpaired) electrons. The van der Waals surface area contributed by atoms with E-state index in [4.69, 9.17) is 11.6 Å². The molecule has 0 spiro atoms. The lowest BCUT2D eigenvalue weighted by Crippen LogP contribution is -1.84. The van der Waals surface area contributed by atoms with Gasteiger partial charge >= 0.3 is 0 Å². The second-order valence-corrected chi connectivity index (χ2v) is 4.72. The van der Waals surface area contributed by atoms with Crippen molar-refractivity contribution in [3.63, 3.8) is 0 Å². The fourth-order valence-electron chi connectivity index (χ4n) is 2.24. The van der Waals surface area contributed by atoms with Gasteiger partial charge in [-0.1, -0.05) is 29.8 Å². The molecule has 1 aliphatic rings. The highest BCUT2D eigenvalue weighted by atomic mass is 35.5. The fraction of sp³-hybridized carbons (Fsp3) is 0.214. The van der Waals surface area contributed by atoms with Gasteiger partial charge in [0.25, 0.3) is 0 Å². The van der Waals surface area contributed by atoms with Crippen molar-refractivity contribution in [3.05, 3.63) is 64.9 Å². The predicted octanol–water partition coefficient (Wildman–Crippen LogP) is 4.01. The molecule has 1 fully saturated rings. The number of nitrogens with zero attached hydrogens (tertiary/aromatic N) is 1. The van der Waals surface area contributed by atoms with Crippen molar-refractivity contribution < 1.29 is 0 Å². The summed E-state index contributed by atoms with van der Waals surface area (Å²) < 4.78 is 0. The molecule has 80 valence electrons. The number of halogens is 1. The van der Waals surface area contributed by atoms with Crippen molar-refractivity contribution in [1.82, 2.24) is 4.98 Å². The van der Waals surface area contributed by atoms with Crippen molar-refractivity contribution in [2.45, 2.75) is 18.3 Å². The van der Waals surface area contributed by atoms with Crippen LogP contribution in [-0.4, -0.2) is 4.98 Å². The molecule has 16 heavy (non-hydrogen) atoms. The second-order valence-electron chi connectivity index (χ2n) is 4.29. The van der Waals surface area contributed by atoms with E-state index < -0.39 is 0 Å². The second kappa shape index (κ2) is 3.91. The molecular weight excluding hydrogens is 218 g/mol. The van der Waals surface area contributed by atoms with Gasteiger partial charge in [0.1, 0.15) is 0 Å². The van der Waals surface area contributed by atoms with Crippen LogP contribution in [0.15, 0.2) is 48.8 Å². The largest absolute Gasteiger partial charge is 0.264 e. The summed E-state index contributed by atoms with van der Waals surface area (Å²) in [6.45, 7) is 0. The van der Waals surface area contributed by atoms with Gasteiger partial charge in [-0.2, -0.15) is 0 Å². The summed E-state index contributed by atoms with van der Waals surface area (Å²) in [6.07, 6.45) is 5.02. The minimum atomic E-state index is 0.648. The smallest absolute Gasteiger partial charge is 0.0406 e. The molecule has 3 rings (SSSR count). The Morgan fingerprint density at radius 2 is 1.75 bits per heavy atom. The van der Waals surface area contributed by atoms with Gasteiger partial charge in [0.05, 0.1) is 0 Å². The molecule has 1 aliphatic carbocycles. The number of benzene rings is 1. The van der Waals surface area contributed by atoms with Crippen molar-refractivity contribution >= 4 is 11.6 Å². The number of pyridine rings is 1. The molecule has 0 N–H and O–H groups in total. The quantitative estimate of drug-likeness (QED) is 0.759. The molecule has 0 bridgehead atoms. The first-order chi connectivity index (χ1) is 7.84. The van der Waals surface area contributed by atoms with Crippen LogP contribution < -0.4 is 0 Å². The molecule has 0 saturated heterocycles. The van der Waals surface area contributed by atoms with Gasteiger partial charge < -0.3 is 0 Å². The summed E-state index contributed by atoms with van der Waals surface area (Å²) in [5, 5.41) is 0.808. The maximum Gasteiger partial charge on any atom is 0.0406 e. The molecule has 2 aromatic rings. The van der Waals surface area contributed by atoms with E-state index in [2.05, 4.69) is 23.2 Å². The minimum Gasteiger partial charge on any atom is -0.264 e. The Morgan fingerprint density at radius 3 is 2.44 bits per heavy atom. The zero-order valence-corrected chi connectivity index (χ0v) is 9.56. The lowest BCUT2D eigenvalue weighted by Gasteiger charge is -2.00. The standard InChI is InChI=1S/C14H12ClN/c15-12-5-3-10(4-6-12)13-8-14(13)11-2-1-7-16-9-11/h1-7,9,13-14H,8H2.